The molecule has 1 saturated heterocycles. The minimum atomic E-state index is 0.526. The summed E-state index contributed by atoms with van der Waals surface area (Å²) >= 11 is 0. The zero-order valence-corrected chi connectivity index (χ0v) is 11.5. The zero-order valence-electron chi connectivity index (χ0n) is 11.5. The Bertz CT molecular complexity index is 560. The molecule has 2 aromatic rings. The highest BCUT2D eigenvalue weighted by Gasteiger charge is 2.31. The van der Waals surface area contributed by atoms with Crippen LogP contribution in [0.4, 0.5) is 0 Å². The Morgan fingerprint density at radius 1 is 1.30 bits per heavy atom. The summed E-state index contributed by atoms with van der Waals surface area (Å²) in [5, 5.41) is 8.42. The molecule has 3 heterocycles. The topological polar surface area (TPSA) is 60.0 Å². The lowest BCUT2D eigenvalue weighted by molar-refractivity contribution is 0.211. The van der Waals surface area contributed by atoms with Crippen LogP contribution in [0, 0.1) is 0 Å². The summed E-state index contributed by atoms with van der Waals surface area (Å²) in [4.78, 5) is 6.97. The molecule has 0 spiro atoms. The fourth-order valence-corrected chi connectivity index (χ4v) is 2.94. The van der Waals surface area contributed by atoms with Gasteiger partial charge in [-0.15, -0.1) is 0 Å². The van der Waals surface area contributed by atoms with E-state index in [1.54, 1.807) is 0 Å². The van der Waals surface area contributed by atoms with Crippen molar-refractivity contribution in [1.29, 1.82) is 0 Å². The van der Waals surface area contributed by atoms with Crippen LogP contribution < -0.4 is 0 Å². The maximum absolute atomic E-state index is 5.33. The van der Waals surface area contributed by atoms with E-state index in [9.17, 15) is 0 Å². The average Bonchev–Trinajstić information content (AvgIpc) is 2.88. The van der Waals surface area contributed by atoms with Crippen LogP contribution in [0.2, 0.25) is 0 Å². The number of rotatable bonds is 5. The lowest BCUT2D eigenvalue weighted by Gasteiger charge is -2.22. The average molecular weight is 273 g/mol. The first kappa shape index (κ1) is 12.1. The molecule has 1 aliphatic carbocycles. The van der Waals surface area contributed by atoms with Crippen LogP contribution in [0.15, 0.2) is 23.0 Å². The van der Waals surface area contributed by atoms with Crippen molar-refractivity contribution >= 4 is 0 Å². The van der Waals surface area contributed by atoms with Gasteiger partial charge in [-0.05, 0) is 38.3 Å². The Labute approximate surface area is 117 Å². The first-order chi connectivity index (χ1) is 9.88. The van der Waals surface area contributed by atoms with Gasteiger partial charge in [0.15, 0.2) is 5.82 Å². The summed E-state index contributed by atoms with van der Waals surface area (Å²) in [6.07, 6.45) is 8.71. The van der Waals surface area contributed by atoms with Crippen LogP contribution in [0.3, 0.4) is 0 Å². The van der Waals surface area contributed by atoms with E-state index in [0.717, 1.165) is 31.3 Å². The summed E-state index contributed by atoms with van der Waals surface area (Å²) in [5.41, 5.74) is 0. The molecule has 0 amide bonds. The molecule has 4 rings (SSSR count). The standard InChI is InChI=1S/C14H19N5O/c1-3-12(9-19-8-2-6-15-19)18(7-1)10-13-16-14(20-17-13)11-4-5-11/h2,6,8,11-12H,1,3-5,7,9-10H2. The molecule has 1 aliphatic heterocycles. The Hall–Kier alpha value is -1.69. The first-order valence-corrected chi connectivity index (χ1v) is 7.42. The summed E-state index contributed by atoms with van der Waals surface area (Å²) < 4.78 is 7.34. The molecule has 6 heteroatoms. The third kappa shape index (κ3) is 2.47. The predicted molar refractivity (Wildman–Crippen MR) is 71.9 cm³/mol. The second-order valence-corrected chi connectivity index (χ2v) is 5.82. The number of aromatic nitrogens is 4. The van der Waals surface area contributed by atoms with Gasteiger partial charge in [0.1, 0.15) is 0 Å². The van der Waals surface area contributed by atoms with E-state index >= 15 is 0 Å². The Balaban J connectivity index is 1.40. The third-order valence-electron chi connectivity index (χ3n) is 4.21. The van der Waals surface area contributed by atoms with Crippen molar-refractivity contribution in [3.63, 3.8) is 0 Å². The van der Waals surface area contributed by atoms with Gasteiger partial charge in [-0.25, -0.2) is 0 Å². The van der Waals surface area contributed by atoms with E-state index in [1.165, 1.54) is 25.7 Å². The second-order valence-electron chi connectivity index (χ2n) is 5.82. The molecular weight excluding hydrogens is 254 g/mol. The van der Waals surface area contributed by atoms with Crippen molar-refractivity contribution in [3.8, 4) is 0 Å². The first-order valence-electron chi connectivity index (χ1n) is 7.42. The van der Waals surface area contributed by atoms with Gasteiger partial charge in [0.2, 0.25) is 5.89 Å². The molecule has 2 aromatic heterocycles. The molecule has 0 radical (unpaired) electrons. The van der Waals surface area contributed by atoms with Gasteiger partial charge in [-0.3, -0.25) is 9.58 Å². The van der Waals surface area contributed by atoms with Crippen LogP contribution in [0.5, 0.6) is 0 Å². The van der Waals surface area contributed by atoms with Gasteiger partial charge in [-0.2, -0.15) is 10.1 Å². The lowest BCUT2D eigenvalue weighted by Crippen LogP contribution is -2.33. The highest BCUT2D eigenvalue weighted by molar-refractivity contribution is 5.02. The van der Waals surface area contributed by atoms with E-state index in [2.05, 4.69) is 20.1 Å². The number of hydrogen-bond acceptors (Lipinski definition) is 5. The van der Waals surface area contributed by atoms with E-state index in [1.807, 2.05) is 23.1 Å². The molecule has 6 nitrogen and oxygen atoms in total. The summed E-state index contributed by atoms with van der Waals surface area (Å²) in [5.74, 6) is 2.21. The highest BCUT2D eigenvalue weighted by atomic mass is 16.5. The van der Waals surface area contributed by atoms with Crippen LogP contribution in [-0.4, -0.2) is 37.4 Å². The number of nitrogens with zero attached hydrogens (tertiary/aromatic N) is 5. The molecule has 1 saturated carbocycles. The van der Waals surface area contributed by atoms with Gasteiger partial charge in [0.05, 0.1) is 13.1 Å². The minimum Gasteiger partial charge on any atom is -0.339 e. The molecule has 1 unspecified atom stereocenters. The largest absolute Gasteiger partial charge is 0.339 e. The smallest absolute Gasteiger partial charge is 0.229 e. The molecule has 106 valence electrons. The Kier molecular flexibility index (Phi) is 3.03. The van der Waals surface area contributed by atoms with Crippen molar-refractivity contribution in [2.24, 2.45) is 0 Å². The fourth-order valence-electron chi connectivity index (χ4n) is 2.94. The van der Waals surface area contributed by atoms with E-state index in [4.69, 9.17) is 4.52 Å². The Morgan fingerprint density at radius 2 is 2.25 bits per heavy atom. The summed E-state index contributed by atoms with van der Waals surface area (Å²) in [7, 11) is 0. The molecule has 2 aliphatic rings. The van der Waals surface area contributed by atoms with Gasteiger partial charge in [0.25, 0.3) is 0 Å². The molecule has 2 fully saturated rings. The molecule has 0 bridgehead atoms. The van der Waals surface area contributed by atoms with E-state index in [0.29, 0.717) is 12.0 Å². The van der Waals surface area contributed by atoms with E-state index < -0.39 is 0 Å². The Morgan fingerprint density at radius 3 is 3.05 bits per heavy atom. The van der Waals surface area contributed by atoms with Crippen molar-refractivity contribution in [2.75, 3.05) is 6.54 Å². The molecule has 0 aromatic carbocycles. The van der Waals surface area contributed by atoms with Crippen molar-refractivity contribution in [3.05, 3.63) is 30.2 Å². The van der Waals surface area contributed by atoms with Crippen LogP contribution in [0.25, 0.3) is 0 Å². The molecular formula is C14H19N5O. The van der Waals surface area contributed by atoms with Crippen LogP contribution >= 0.6 is 0 Å². The van der Waals surface area contributed by atoms with E-state index in [-0.39, 0.29) is 0 Å². The maximum Gasteiger partial charge on any atom is 0.229 e. The summed E-state index contributed by atoms with van der Waals surface area (Å²) in [6, 6.07) is 2.50. The minimum absolute atomic E-state index is 0.526. The SMILES string of the molecule is c1cnn(CC2CCCN2Cc2noc(C3CC3)n2)c1. The summed E-state index contributed by atoms with van der Waals surface area (Å²) in [6.45, 7) is 2.85. The van der Waals surface area contributed by atoms with Gasteiger partial charge < -0.3 is 4.52 Å². The number of hydrogen-bond donors (Lipinski definition) is 0. The van der Waals surface area contributed by atoms with Crippen LogP contribution in [0.1, 0.15) is 43.3 Å². The molecule has 20 heavy (non-hydrogen) atoms. The highest BCUT2D eigenvalue weighted by Crippen LogP contribution is 2.38. The van der Waals surface area contributed by atoms with Gasteiger partial charge >= 0.3 is 0 Å². The molecule has 1 atom stereocenters. The monoisotopic (exact) mass is 273 g/mol. The van der Waals surface area contributed by atoms with Crippen LogP contribution in [-0.2, 0) is 13.1 Å². The zero-order chi connectivity index (χ0) is 13.4. The second kappa shape index (κ2) is 5.01. The molecule has 0 N–H and O–H groups in total. The van der Waals surface area contributed by atoms with Gasteiger partial charge in [0, 0.05) is 24.4 Å². The fraction of sp³-hybridized carbons (Fsp3) is 0.643. The number of likely N-dealkylation sites (tertiary alicyclic amines) is 1. The predicted octanol–water partition coefficient (Wildman–Crippen LogP) is 1.81. The van der Waals surface area contributed by atoms with Crippen molar-refractivity contribution < 1.29 is 4.52 Å². The quantitative estimate of drug-likeness (QED) is 0.831. The van der Waals surface area contributed by atoms with Crippen molar-refractivity contribution in [1.82, 2.24) is 24.8 Å². The van der Waals surface area contributed by atoms with Crippen molar-refractivity contribution in [2.45, 2.75) is 50.7 Å². The normalized spacial score (nSPS) is 23.5. The third-order valence-corrected chi connectivity index (χ3v) is 4.21. The van der Waals surface area contributed by atoms with Gasteiger partial charge in [-0.1, -0.05) is 5.16 Å². The maximum atomic E-state index is 5.33. The lowest BCUT2D eigenvalue weighted by atomic mass is 10.2.